The van der Waals surface area contributed by atoms with Gasteiger partial charge in [-0.15, -0.1) is 0 Å². The highest BCUT2D eigenvalue weighted by atomic mass is 19.1. The van der Waals surface area contributed by atoms with Crippen LogP contribution >= 0.6 is 0 Å². The van der Waals surface area contributed by atoms with Crippen LogP contribution in [0.15, 0.2) is 84.2 Å². The maximum absolute atomic E-state index is 13.5. The van der Waals surface area contributed by atoms with Crippen LogP contribution in [0.1, 0.15) is 49.1 Å². The minimum Gasteiger partial charge on any atom is -0.317 e. The lowest BCUT2D eigenvalue weighted by Gasteiger charge is -2.38. The Morgan fingerprint density at radius 1 is 0.970 bits per heavy atom. The van der Waals surface area contributed by atoms with Gasteiger partial charge in [0.1, 0.15) is 11.6 Å². The lowest BCUT2D eigenvalue weighted by Crippen LogP contribution is -2.38. The molecule has 1 aliphatic carbocycles. The van der Waals surface area contributed by atoms with E-state index in [2.05, 4.69) is 17.5 Å². The Bertz CT molecular complexity index is 1060. The monoisotopic (exact) mass is 446 g/mol. The van der Waals surface area contributed by atoms with Crippen molar-refractivity contribution in [2.75, 3.05) is 13.1 Å². The van der Waals surface area contributed by atoms with E-state index in [4.69, 9.17) is 0 Å². The molecule has 5 rings (SSSR count). The molecule has 2 aliphatic heterocycles. The lowest BCUT2D eigenvalue weighted by atomic mass is 9.73. The number of halogens is 2. The largest absolute Gasteiger partial charge is 0.317 e. The molecule has 2 aromatic carbocycles. The first-order chi connectivity index (χ1) is 16.1. The third-order valence-corrected chi connectivity index (χ3v) is 7.31. The fourth-order valence-electron chi connectivity index (χ4n) is 5.48. The van der Waals surface area contributed by atoms with Crippen LogP contribution in [-0.4, -0.2) is 23.9 Å². The predicted octanol–water partition coefficient (Wildman–Crippen LogP) is 5.82. The SMILES string of the molecule is O=C(CCC(c1ccc(F)cc1)c1ccc(F)cc1)N1C=CC=C2C1=CCC21CCNCC1. The fourth-order valence-corrected chi connectivity index (χ4v) is 5.48. The molecule has 1 fully saturated rings. The van der Waals surface area contributed by atoms with E-state index in [1.165, 1.54) is 29.8 Å². The molecule has 1 spiro atoms. The molecule has 0 aromatic heterocycles. The van der Waals surface area contributed by atoms with E-state index in [1.807, 2.05) is 12.3 Å². The molecule has 1 N–H and O–H groups in total. The van der Waals surface area contributed by atoms with Crippen molar-refractivity contribution in [3.05, 3.63) is 107 Å². The van der Waals surface area contributed by atoms with Crippen LogP contribution in [0, 0.1) is 17.0 Å². The average molecular weight is 447 g/mol. The number of benzene rings is 2. The topological polar surface area (TPSA) is 32.3 Å². The Morgan fingerprint density at radius 3 is 2.18 bits per heavy atom. The summed E-state index contributed by atoms with van der Waals surface area (Å²) in [5.41, 5.74) is 4.30. The molecule has 1 amide bonds. The highest BCUT2D eigenvalue weighted by Gasteiger charge is 2.43. The molecule has 5 heteroatoms. The minimum absolute atomic E-state index is 0.0447. The quantitative estimate of drug-likeness (QED) is 0.628. The first-order valence-electron chi connectivity index (χ1n) is 11.7. The second-order valence-corrected chi connectivity index (χ2v) is 9.20. The second kappa shape index (κ2) is 9.06. The Balaban J connectivity index is 1.33. The maximum Gasteiger partial charge on any atom is 0.231 e. The van der Waals surface area contributed by atoms with Gasteiger partial charge in [-0.1, -0.05) is 36.4 Å². The summed E-state index contributed by atoms with van der Waals surface area (Å²) in [7, 11) is 0. The van der Waals surface area contributed by atoms with Crippen LogP contribution in [0.25, 0.3) is 0 Å². The van der Waals surface area contributed by atoms with E-state index < -0.39 is 0 Å². The third-order valence-electron chi connectivity index (χ3n) is 7.31. The van der Waals surface area contributed by atoms with Crippen molar-refractivity contribution in [3.8, 4) is 0 Å². The first kappa shape index (κ1) is 21.8. The van der Waals surface area contributed by atoms with Crippen molar-refractivity contribution in [1.82, 2.24) is 10.2 Å². The van der Waals surface area contributed by atoms with Gasteiger partial charge in [0.25, 0.3) is 0 Å². The van der Waals surface area contributed by atoms with E-state index in [9.17, 15) is 13.6 Å². The highest BCUT2D eigenvalue weighted by Crippen LogP contribution is 2.50. The van der Waals surface area contributed by atoms with Gasteiger partial charge >= 0.3 is 0 Å². The van der Waals surface area contributed by atoms with Crippen LogP contribution in [0.2, 0.25) is 0 Å². The standard InChI is InChI=1S/C28H28F2N2O/c29-22-7-3-20(4-8-22)24(21-5-9-23(30)10-6-21)11-12-27(33)32-19-1-2-25-26(32)13-14-28(25)15-17-31-18-16-28/h1-10,13,19,24,31H,11-12,14-18H2. The number of hydrogen-bond donors (Lipinski definition) is 1. The van der Waals surface area contributed by atoms with Crippen molar-refractivity contribution in [3.63, 3.8) is 0 Å². The summed E-state index contributed by atoms with van der Waals surface area (Å²) in [4.78, 5) is 15.2. The number of carbonyl (C=O) groups is 1. The van der Waals surface area contributed by atoms with E-state index in [0.717, 1.165) is 49.2 Å². The van der Waals surface area contributed by atoms with Gasteiger partial charge in [-0.3, -0.25) is 9.69 Å². The summed E-state index contributed by atoms with van der Waals surface area (Å²) in [5, 5.41) is 3.44. The van der Waals surface area contributed by atoms with Crippen molar-refractivity contribution < 1.29 is 13.6 Å². The molecule has 3 aliphatic rings. The summed E-state index contributed by atoms with van der Waals surface area (Å²) >= 11 is 0. The number of nitrogens with one attached hydrogen (secondary N) is 1. The summed E-state index contributed by atoms with van der Waals surface area (Å²) in [6.45, 7) is 2.01. The zero-order valence-electron chi connectivity index (χ0n) is 18.6. The zero-order chi connectivity index (χ0) is 22.8. The van der Waals surface area contributed by atoms with Crippen LogP contribution < -0.4 is 5.32 Å². The maximum atomic E-state index is 13.5. The Morgan fingerprint density at radius 2 is 1.58 bits per heavy atom. The number of hydrogen-bond acceptors (Lipinski definition) is 2. The van der Waals surface area contributed by atoms with Crippen molar-refractivity contribution >= 4 is 5.91 Å². The second-order valence-electron chi connectivity index (χ2n) is 9.20. The molecular formula is C28H28F2N2O. The molecule has 33 heavy (non-hydrogen) atoms. The molecule has 1 saturated heterocycles. The van der Waals surface area contributed by atoms with E-state index in [0.29, 0.717) is 12.8 Å². The zero-order valence-corrected chi connectivity index (χ0v) is 18.6. The molecule has 0 atom stereocenters. The van der Waals surface area contributed by atoms with Gasteiger partial charge in [-0.25, -0.2) is 8.78 Å². The van der Waals surface area contributed by atoms with Crippen LogP contribution in [0.3, 0.4) is 0 Å². The van der Waals surface area contributed by atoms with Gasteiger partial charge in [0.05, 0.1) is 0 Å². The Hall–Kier alpha value is -3.05. The number of amides is 1. The summed E-state index contributed by atoms with van der Waals surface area (Å²) in [6.07, 6.45) is 12.3. The van der Waals surface area contributed by atoms with Crippen LogP contribution in [0.5, 0.6) is 0 Å². The number of rotatable bonds is 5. The Labute approximate surface area is 193 Å². The average Bonchev–Trinajstić information content (AvgIpc) is 3.19. The third kappa shape index (κ3) is 4.30. The highest BCUT2D eigenvalue weighted by molar-refractivity contribution is 5.81. The lowest BCUT2D eigenvalue weighted by molar-refractivity contribution is -0.127. The predicted molar refractivity (Wildman–Crippen MR) is 125 cm³/mol. The van der Waals surface area contributed by atoms with Gasteiger partial charge in [0.15, 0.2) is 0 Å². The normalized spacial score (nSPS) is 18.9. The van der Waals surface area contributed by atoms with Crippen LogP contribution in [-0.2, 0) is 4.79 Å². The molecule has 0 saturated carbocycles. The molecule has 0 bridgehead atoms. The molecular weight excluding hydrogens is 418 g/mol. The van der Waals surface area contributed by atoms with E-state index in [1.54, 1.807) is 29.2 Å². The molecule has 170 valence electrons. The number of piperidine rings is 1. The molecule has 3 nitrogen and oxygen atoms in total. The summed E-state index contributed by atoms with van der Waals surface area (Å²) in [6, 6.07) is 12.7. The number of nitrogens with zero attached hydrogens (tertiary/aromatic N) is 1. The van der Waals surface area contributed by atoms with E-state index >= 15 is 0 Å². The molecule has 2 heterocycles. The number of carbonyl (C=O) groups excluding carboxylic acids is 1. The number of fused-ring (bicyclic) bond motifs is 2. The van der Waals surface area contributed by atoms with Crippen molar-refractivity contribution in [2.24, 2.45) is 5.41 Å². The van der Waals surface area contributed by atoms with Crippen LogP contribution in [0.4, 0.5) is 8.78 Å². The molecule has 0 unspecified atom stereocenters. The van der Waals surface area contributed by atoms with E-state index in [-0.39, 0.29) is 28.9 Å². The first-order valence-corrected chi connectivity index (χ1v) is 11.7. The van der Waals surface area contributed by atoms with Crippen molar-refractivity contribution in [2.45, 2.75) is 38.0 Å². The molecule has 2 aromatic rings. The van der Waals surface area contributed by atoms with Gasteiger partial charge in [-0.2, -0.15) is 0 Å². The summed E-state index contributed by atoms with van der Waals surface area (Å²) < 4.78 is 27.0. The Kier molecular flexibility index (Phi) is 5.98. The van der Waals surface area contributed by atoms with Gasteiger partial charge < -0.3 is 5.32 Å². The van der Waals surface area contributed by atoms with Gasteiger partial charge in [0.2, 0.25) is 5.91 Å². The summed E-state index contributed by atoms with van der Waals surface area (Å²) in [5.74, 6) is -0.675. The van der Waals surface area contributed by atoms with Gasteiger partial charge in [-0.05, 0) is 85.8 Å². The van der Waals surface area contributed by atoms with Crippen molar-refractivity contribution in [1.29, 1.82) is 0 Å². The number of allylic oxidation sites excluding steroid dienone is 4. The fraction of sp³-hybridized carbons (Fsp3) is 0.321. The smallest absolute Gasteiger partial charge is 0.231 e. The minimum atomic E-state index is -0.300. The molecule has 0 radical (unpaired) electrons. The van der Waals surface area contributed by atoms with Gasteiger partial charge in [0, 0.05) is 29.7 Å².